The predicted molar refractivity (Wildman–Crippen MR) is 95.4 cm³/mol. The third-order valence-electron chi connectivity index (χ3n) is 5.20. The van der Waals surface area contributed by atoms with Crippen LogP contribution in [0, 0.1) is 0 Å². The maximum atomic E-state index is 13.2. The minimum Gasteiger partial charge on any atom is -0.344 e. The van der Waals surface area contributed by atoms with Gasteiger partial charge in [0.15, 0.2) is 5.82 Å². The topological polar surface area (TPSA) is 75.4 Å². The average molecular weight is 355 g/mol. The van der Waals surface area contributed by atoms with Gasteiger partial charge in [0.1, 0.15) is 6.04 Å². The molecule has 2 fully saturated rings. The molecule has 1 aliphatic heterocycles. The first-order chi connectivity index (χ1) is 12.7. The number of hydrogen-bond donors (Lipinski definition) is 0. The van der Waals surface area contributed by atoms with Crippen molar-refractivity contribution in [1.82, 2.24) is 24.9 Å². The van der Waals surface area contributed by atoms with Gasteiger partial charge >= 0.3 is 0 Å². The van der Waals surface area contributed by atoms with Crippen molar-refractivity contribution in [1.29, 1.82) is 0 Å². The van der Waals surface area contributed by atoms with E-state index in [0.29, 0.717) is 24.7 Å². The lowest BCUT2D eigenvalue weighted by atomic mass is 10.1. The summed E-state index contributed by atoms with van der Waals surface area (Å²) in [6.45, 7) is 2.48. The Bertz CT molecular complexity index is 737. The van der Waals surface area contributed by atoms with Crippen molar-refractivity contribution < 1.29 is 9.32 Å². The van der Waals surface area contributed by atoms with Gasteiger partial charge in [0.2, 0.25) is 11.8 Å². The Labute approximate surface area is 153 Å². The average Bonchev–Trinajstić information content (AvgIpc) is 3.18. The molecule has 2 aliphatic rings. The number of carbonyl (C=O) groups excluding carboxylic acids is 1. The summed E-state index contributed by atoms with van der Waals surface area (Å²) in [7, 11) is 1.85. The van der Waals surface area contributed by atoms with Crippen LogP contribution in [0.1, 0.15) is 54.9 Å². The first-order valence-electron chi connectivity index (χ1n) is 9.44. The zero-order valence-corrected chi connectivity index (χ0v) is 15.2. The van der Waals surface area contributed by atoms with Gasteiger partial charge in [-0.25, -0.2) is 0 Å². The lowest BCUT2D eigenvalue weighted by Gasteiger charge is -2.30. The van der Waals surface area contributed by atoms with Crippen LogP contribution in [-0.2, 0) is 11.2 Å². The molecule has 0 aromatic carbocycles. The van der Waals surface area contributed by atoms with Gasteiger partial charge in [0.05, 0.1) is 0 Å². The lowest BCUT2D eigenvalue weighted by Crippen LogP contribution is -2.41. The molecule has 0 unspecified atom stereocenters. The Morgan fingerprint density at radius 3 is 2.88 bits per heavy atom. The molecule has 0 radical (unpaired) electrons. The third-order valence-corrected chi connectivity index (χ3v) is 5.20. The molecule has 1 saturated heterocycles. The first kappa shape index (κ1) is 17.1. The van der Waals surface area contributed by atoms with Gasteiger partial charge in [-0.15, -0.1) is 0 Å². The van der Waals surface area contributed by atoms with Crippen LogP contribution in [0.2, 0.25) is 0 Å². The molecule has 0 N–H and O–H groups in total. The first-order valence-corrected chi connectivity index (χ1v) is 9.44. The summed E-state index contributed by atoms with van der Waals surface area (Å²) in [4.78, 5) is 25.9. The number of hydrogen-bond acceptors (Lipinski definition) is 6. The molecule has 2 aromatic heterocycles. The van der Waals surface area contributed by atoms with E-state index in [0.717, 1.165) is 50.2 Å². The monoisotopic (exact) mass is 355 g/mol. The van der Waals surface area contributed by atoms with Crippen molar-refractivity contribution >= 4 is 5.91 Å². The molecule has 7 nitrogen and oxygen atoms in total. The number of carbonyl (C=O) groups is 1. The van der Waals surface area contributed by atoms with Crippen LogP contribution >= 0.6 is 0 Å². The van der Waals surface area contributed by atoms with Gasteiger partial charge in [-0.3, -0.25) is 14.7 Å². The minimum absolute atomic E-state index is 0.103. The quantitative estimate of drug-likeness (QED) is 0.758. The summed E-state index contributed by atoms with van der Waals surface area (Å²) < 4.78 is 5.30. The summed E-state index contributed by atoms with van der Waals surface area (Å²) in [6.07, 6.45) is 8.72. The van der Waals surface area contributed by atoms with E-state index in [-0.39, 0.29) is 11.9 Å². The van der Waals surface area contributed by atoms with E-state index in [4.69, 9.17) is 4.52 Å². The summed E-state index contributed by atoms with van der Waals surface area (Å²) in [5, 5.41) is 4.04. The number of pyridine rings is 1. The van der Waals surface area contributed by atoms with Crippen molar-refractivity contribution in [2.24, 2.45) is 0 Å². The van der Waals surface area contributed by atoms with Crippen LogP contribution in [0.3, 0.4) is 0 Å². The van der Waals surface area contributed by atoms with Crippen molar-refractivity contribution in [2.75, 3.05) is 26.7 Å². The highest BCUT2D eigenvalue weighted by Gasteiger charge is 2.32. The van der Waals surface area contributed by atoms with Gasteiger partial charge in [0.25, 0.3) is 0 Å². The summed E-state index contributed by atoms with van der Waals surface area (Å²) in [5.41, 5.74) is 0.960. The second-order valence-corrected chi connectivity index (χ2v) is 7.26. The van der Waals surface area contributed by atoms with Crippen LogP contribution in [0.4, 0.5) is 0 Å². The Hall–Kier alpha value is -2.28. The van der Waals surface area contributed by atoms with E-state index in [1.807, 2.05) is 19.2 Å². The highest BCUT2D eigenvalue weighted by atomic mass is 16.5. The van der Waals surface area contributed by atoms with E-state index >= 15 is 0 Å². The molecule has 7 heteroatoms. The molecule has 1 aliphatic carbocycles. The predicted octanol–water partition coefficient (Wildman–Crippen LogP) is 2.18. The van der Waals surface area contributed by atoms with Crippen LogP contribution in [0.25, 0.3) is 0 Å². The van der Waals surface area contributed by atoms with Crippen LogP contribution in [-0.4, -0.2) is 57.5 Å². The normalized spacial score (nSPS) is 18.8. The minimum atomic E-state index is -0.261. The highest BCUT2D eigenvalue weighted by Crippen LogP contribution is 2.38. The number of nitrogens with zero attached hydrogens (tertiary/aromatic N) is 5. The standard InChI is InChI=1S/C19H25N5O2/c1-23(12-8-16-21-18(26-22-16)14-6-7-14)19(25)17(24-10-2-3-11-24)15-5-4-9-20-13-15/h4-5,9,13-14,17H,2-3,6-8,10-12H2,1H3/t17-/m0/s1. The molecule has 1 saturated carbocycles. The fourth-order valence-electron chi connectivity index (χ4n) is 3.50. The number of rotatable bonds is 7. The largest absolute Gasteiger partial charge is 0.344 e. The molecule has 1 amide bonds. The second-order valence-electron chi connectivity index (χ2n) is 7.26. The summed E-state index contributed by atoms with van der Waals surface area (Å²) >= 11 is 0. The molecule has 0 bridgehead atoms. The lowest BCUT2D eigenvalue weighted by molar-refractivity contribution is -0.135. The number of likely N-dealkylation sites (tertiary alicyclic amines) is 1. The van der Waals surface area contributed by atoms with Crippen molar-refractivity contribution in [3.05, 3.63) is 41.8 Å². The molecule has 2 aromatic rings. The van der Waals surface area contributed by atoms with Gasteiger partial charge in [-0.05, 0) is 50.4 Å². The highest BCUT2D eigenvalue weighted by molar-refractivity contribution is 5.83. The zero-order valence-electron chi connectivity index (χ0n) is 15.2. The second kappa shape index (κ2) is 7.53. The van der Waals surface area contributed by atoms with E-state index in [2.05, 4.69) is 20.0 Å². The van der Waals surface area contributed by atoms with E-state index in [9.17, 15) is 4.79 Å². The summed E-state index contributed by atoms with van der Waals surface area (Å²) in [6, 6.07) is 3.62. The van der Waals surface area contributed by atoms with Crippen molar-refractivity contribution in [3.63, 3.8) is 0 Å². The van der Waals surface area contributed by atoms with Crippen LogP contribution in [0.15, 0.2) is 29.0 Å². The van der Waals surface area contributed by atoms with Crippen molar-refractivity contribution in [3.8, 4) is 0 Å². The van der Waals surface area contributed by atoms with Gasteiger partial charge in [-0.1, -0.05) is 11.2 Å². The van der Waals surface area contributed by atoms with Crippen LogP contribution < -0.4 is 0 Å². The Balaban J connectivity index is 1.42. The SMILES string of the molecule is CN(CCc1noc(C2CC2)n1)C(=O)[C@H](c1cccnc1)N1CCCC1. The number of aromatic nitrogens is 3. The maximum absolute atomic E-state index is 13.2. The van der Waals surface area contributed by atoms with Gasteiger partial charge in [0, 0.05) is 38.3 Å². The molecular weight excluding hydrogens is 330 g/mol. The summed E-state index contributed by atoms with van der Waals surface area (Å²) in [5.74, 6) is 2.00. The molecule has 26 heavy (non-hydrogen) atoms. The Morgan fingerprint density at radius 1 is 1.38 bits per heavy atom. The Kier molecular flexibility index (Phi) is 4.97. The fourth-order valence-corrected chi connectivity index (χ4v) is 3.50. The molecule has 0 spiro atoms. The molecule has 138 valence electrons. The fraction of sp³-hybridized carbons (Fsp3) is 0.579. The van der Waals surface area contributed by atoms with Crippen molar-refractivity contribution in [2.45, 2.75) is 44.1 Å². The number of amides is 1. The van der Waals surface area contributed by atoms with Gasteiger partial charge < -0.3 is 9.42 Å². The van der Waals surface area contributed by atoms with Crippen LogP contribution in [0.5, 0.6) is 0 Å². The number of likely N-dealkylation sites (N-methyl/N-ethyl adjacent to an activating group) is 1. The maximum Gasteiger partial charge on any atom is 0.244 e. The molecular formula is C19H25N5O2. The smallest absolute Gasteiger partial charge is 0.244 e. The van der Waals surface area contributed by atoms with E-state index in [1.54, 1.807) is 17.3 Å². The Morgan fingerprint density at radius 2 is 2.19 bits per heavy atom. The molecule has 4 rings (SSSR count). The zero-order chi connectivity index (χ0) is 17.9. The molecule has 3 heterocycles. The van der Waals surface area contributed by atoms with Gasteiger partial charge in [-0.2, -0.15) is 4.98 Å². The van der Waals surface area contributed by atoms with E-state index in [1.165, 1.54) is 0 Å². The third kappa shape index (κ3) is 3.77. The molecule has 1 atom stereocenters. The van der Waals surface area contributed by atoms with E-state index < -0.39 is 0 Å².